The second kappa shape index (κ2) is 6.97. The summed E-state index contributed by atoms with van der Waals surface area (Å²) in [5, 5.41) is 12.0. The lowest BCUT2D eigenvalue weighted by atomic mass is 10.1. The maximum Gasteiger partial charge on any atom is 0.158 e. The molecule has 3 rings (SSSR count). The molecule has 1 aliphatic heterocycles. The van der Waals surface area contributed by atoms with Gasteiger partial charge in [-0.2, -0.15) is 5.26 Å². The molecule has 1 fully saturated rings. The van der Waals surface area contributed by atoms with Crippen molar-refractivity contribution in [2.45, 2.75) is 6.42 Å². The van der Waals surface area contributed by atoms with Gasteiger partial charge in [0, 0.05) is 31.4 Å². The van der Waals surface area contributed by atoms with Gasteiger partial charge in [-0.3, -0.25) is 0 Å². The summed E-state index contributed by atoms with van der Waals surface area (Å²) in [5.74, 6) is 2.15. The first-order valence-corrected chi connectivity index (χ1v) is 7.63. The minimum atomic E-state index is 0.334. The first-order valence-electron chi connectivity index (χ1n) is 7.63. The van der Waals surface area contributed by atoms with Crippen LogP contribution in [0.15, 0.2) is 36.7 Å². The average molecular weight is 309 g/mol. The lowest BCUT2D eigenvalue weighted by molar-refractivity contribution is 0.415. The van der Waals surface area contributed by atoms with Crippen molar-refractivity contribution in [2.75, 3.05) is 37.0 Å². The Morgan fingerprint density at radius 3 is 3.04 bits per heavy atom. The maximum absolute atomic E-state index is 8.72. The van der Waals surface area contributed by atoms with Crippen molar-refractivity contribution in [1.29, 1.82) is 5.26 Å². The quantitative estimate of drug-likeness (QED) is 0.913. The smallest absolute Gasteiger partial charge is 0.158 e. The highest BCUT2D eigenvalue weighted by atomic mass is 16.5. The molecule has 1 N–H and O–H groups in total. The monoisotopic (exact) mass is 309 g/mol. The van der Waals surface area contributed by atoms with E-state index in [0.717, 1.165) is 31.8 Å². The average Bonchev–Trinajstić information content (AvgIpc) is 3.09. The predicted octanol–water partition coefficient (Wildman–Crippen LogP) is 2.30. The van der Waals surface area contributed by atoms with Gasteiger partial charge in [0.1, 0.15) is 17.6 Å². The summed E-state index contributed by atoms with van der Waals surface area (Å²) < 4.78 is 5.29. The van der Waals surface area contributed by atoms with E-state index in [1.807, 2.05) is 18.2 Å². The van der Waals surface area contributed by atoms with E-state index in [0.29, 0.717) is 17.4 Å². The summed E-state index contributed by atoms with van der Waals surface area (Å²) >= 11 is 0. The highest BCUT2D eigenvalue weighted by molar-refractivity contribution is 5.51. The van der Waals surface area contributed by atoms with Crippen LogP contribution < -0.4 is 15.0 Å². The standard InChI is InChI=1S/C17H19N5O/c1-23-16-4-2-3-15(7-16)22-6-5-13(12-22)9-20-17-11-19-14(8-18)10-21-17/h2-4,7,10-11,13H,5-6,9,12H2,1H3,(H,20,21)/t13-/m0/s1. The Hall–Kier alpha value is -2.81. The lowest BCUT2D eigenvalue weighted by Gasteiger charge is -2.19. The number of anilines is 2. The number of ether oxygens (including phenoxy) is 1. The molecule has 118 valence electrons. The van der Waals surface area contributed by atoms with Gasteiger partial charge in [-0.15, -0.1) is 0 Å². The van der Waals surface area contributed by atoms with Crippen LogP contribution in [0.3, 0.4) is 0 Å². The van der Waals surface area contributed by atoms with Crippen molar-refractivity contribution in [3.8, 4) is 11.8 Å². The molecule has 1 saturated heterocycles. The molecule has 0 radical (unpaired) electrons. The zero-order valence-corrected chi connectivity index (χ0v) is 13.1. The number of nitrogens with zero attached hydrogens (tertiary/aromatic N) is 4. The van der Waals surface area contributed by atoms with Gasteiger partial charge < -0.3 is 15.0 Å². The maximum atomic E-state index is 8.72. The molecule has 1 atom stereocenters. The first kappa shape index (κ1) is 15.1. The second-order valence-electron chi connectivity index (χ2n) is 5.58. The van der Waals surface area contributed by atoms with Crippen molar-refractivity contribution in [3.63, 3.8) is 0 Å². The van der Waals surface area contributed by atoms with Crippen molar-refractivity contribution in [2.24, 2.45) is 5.92 Å². The molecule has 6 heteroatoms. The molecule has 23 heavy (non-hydrogen) atoms. The molecule has 0 bridgehead atoms. The van der Waals surface area contributed by atoms with E-state index >= 15 is 0 Å². The molecule has 0 amide bonds. The van der Waals surface area contributed by atoms with Gasteiger partial charge in [0.25, 0.3) is 0 Å². The van der Waals surface area contributed by atoms with Gasteiger partial charge in [0.05, 0.1) is 19.5 Å². The van der Waals surface area contributed by atoms with E-state index in [-0.39, 0.29) is 0 Å². The first-order chi connectivity index (χ1) is 11.3. The molecule has 1 aliphatic rings. The van der Waals surface area contributed by atoms with Crippen LogP contribution in [0, 0.1) is 17.2 Å². The number of rotatable bonds is 5. The Morgan fingerprint density at radius 1 is 1.39 bits per heavy atom. The van der Waals surface area contributed by atoms with Crippen LogP contribution in [0.2, 0.25) is 0 Å². The fourth-order valence-electron chi connectivity index (χ4n) is 2.77. The zero-order valence-electron chi connectivity index (χ0n) is 13.1. The molecule has 0 saturated carbocycles. The van der Waals surface area contributed by atoms with Gasteiger partial charge in [0.15, 0.2) is 5.69 Å². The van der Waals surface area contributed by atoms with E-state index in [9.17, 15) is 0 Å². The molecule has 1 aromatic carbocycles. The van der Waals surface area contributed by atoms with Crippen LogP contribution in [0.4, 0.5) is 11.5 Å². The molecule has 0 aliphatic carbocycles. The number of benzene rings is 1. The van der Waals surface area contributed by atoms with E-state index in [1.165, 1.54) is 11.9 Å². The van der Waals surface area contributed by atoms with E-state index in [2.05, 4.69) is 32.3 Å². The molecule has 0 unspecified atom stereocenters. The molecular weight excluding hydrogens is 290 g/mol. The van der Waals surface area contributed by atoms with Gasteiger partial charge in [-0.05, 0) is 24.5 Å². The summed E-state index contributed by atoms with van der Waals surface area (Å²) in [7, 11) is 1.69. The molecule has 0 spiro atoms. The zero-order chi connectivity index (χ0) is 16.1. The van der Waals surface area contributed by atoms with Gasteiger partial charge >= 0.3 is 0 Å². The summed E-state index contributed by atoms with van der Waals surface area (Å²) in [6.07, 6.45) is 4.22. The molecule has 1 aromatic heterocycles. The normalized spacial score (nSPS) is 16.9. The molecule has 2 aromatic rings. The lowest BCUT2D eigenvalue weighted by Crippen LogP contribution is -2.22. The van der Waals surface area contributed by atoms with Crippen molar-refractivity contribution >= 4 is 11.5 Å². The van der Waals surface area contributed by atoms with Crippen molar-refractivity contribution in [3.05, 3.63) is 42.4 Å². The van der Waals surface area contributed by atoms with Crippen molar-refractivity contribution < 1.29 is 4.74 Å². The second-order valence-corrected chi connectivity index (χ2v) is 5.58. The van der Waals surface area contributed by atoms with E-state index < -0.39 is 0 Å². The Morgan fingerprint density at radius 2 is 2.30 bits per heavy atom. The number of nitrogens with one attached hydrogen (secondary N) is 1. The molecule has 2 heterocycles. The number of hydrogen-bond acceptors (Lipinski definition) is 6. The van der Waals surface area contributed by atoms with E-state index in [4.69, 9.17) is 10.00 Å². The SMILES string of the molecule is COc1cccc(N2CC[C@@H](CNc3cnc(C#N)cn3)C2)c1. The minimum Gasteiger partial charge on any atom is -0.497 e. The minimum absolute atomic E-state index is 0.334. The topological polar surface area (TPSA) is 74.1 Å². The summed E-state index contributed by atoms with van der Waals surface area (Å²) in [6.45, 7) is 2.89. The van der Waals surface area contributed by atoms with Crippen LogP contribution in [-0.2, 0) is 0 Å². The number of hydrogen-bond donors (Lipinski definition) is 1. The molecular formula is C17H19N5O. The Balaban J connectivity index is 1.54. The van der Waals surface area contributed by atoms with Crippen LogP contribution in [0.5, 0.6) is 5.75 Å². The summed E-state index contributed by atoms with van der Waals surface area (Å²) in [4.78, 5) is 10.6. The highest BCUT2D eigenvalue weighted by Gasteiger charge is 2.22. The van der Waals surface area contributed by atoms with E-state index in [1.54, 1.807) is 13.3 Å². The van der Waals surface area contributed by atoms with Crippen LogP contribution in [-0.4, -0.2) is 36.7 Å². The number of aromatic nitrogens is 2. The summed E-state index contributed by atoms with van der Waals surface area (Å²) in [5.41, 5.74) is 1.53. The van der Waals surface area contributed by atoms with Gasteiger partial charge in [-0.25, -0.2) is 9.97 Å². The van der Waals surface area contributed by atoms with Crippen molar-refractivity contribution in [1.82, 2.24) is 9.97 Å². The Bertz CT molecular complexity index is 695. The van der Waals surface area contributed by atoms with Gasteiger partial charge in [-0.1, -0.05) is 6.07 Å². The number of nitriles is 1. The van der Waals surface area contributed by atoms with Crippen LogP contribution >= 0.6 is 0 Å². The third kappa shape index (κ3) is 3.69. The Labute approximate surface area is 135 Å². The van der Waals surface area contributed by atoms with Gasteiger partial charge in [0.2, 0.25) is 0 Å². The largest absolute Gasteiger partial charge is 0.497 e. The molecule has 6 nitrogen and oxygen atoms in total. The summed E-state index contributed by atoms with van der Waals surface area (Å²) in [6, 6.07) is 10.1. The third-order valence-corrected chi connectivity index (χ3v) is 4.04. The third-order valence-electron chi connectivity index (χ3n) is 4.04. The predicted molar refractivity (Wildman–Crippen MR) is 88.6 cm³/mol. The highest BCUT2D eigenvalue weighted by Crippen LogP contribution is 2.26. The van der Waals surface area contributed by atoms with Crippen LogP contribution in [0.1, 0.15) is 12.1 Å². The fourth-order valence-corrected chi connectivity index (χ4v) is 2.77. The van der Waals surface area contributed by atoms with Crippen LogP contribution in [0.25, 0.3) is 0 Å². The fraction of sp³-hybridized carbons (Fsp3) is 0.353. The Kier molecular flexibility index (Phi) is 4.57. The number of methoxy groups -OCH3 is 1.